The van der Waals surface area contributed by atoms with Gasteiger partial charge in [-0.15, -0.1) is 0 Å². The van der Waals surface area contributed by atoms with Gasteiger partial charge >= 0.3 is 0 Å². The molecule has 0 fully saturated rings. The number of carbonyl (C=O) groups excluding carboxylic acids is 1. The largest absolute Gasteiger partial charge is 0.291 e. The zero-order valence-corrected chi connectivity index (χ0v) is 8.64. The van der Waals surface area contributed by atoms with Crippen LogP contribution in [-0.4, -0.2) is 21.0 Å². The number of alkyl halides is 1. The van der Waals surface area contributed by atoms with E-state index in [9.17, 15) is 9.00 Å². The second-order valence-electron chi connectivity index (χ2n) is 2.54. The average Bonchev–Trinajstić information content (AvgIpc) is 2.17. The van der Waals surface area contributed by atoms with Crippen molar-refractivity contribution in [1.29, 1.82) is 0 Å². The summed E-state index contributed by atoms with van der Waals surface area (Å²) in [5.41, 5.74) is 0.498. The summed E-state index contributed by atoms with van der Waals surface area (Å²) in [4.78, 5) is 11.5. The molecule has 4 heteroatoms. The fraction of sp³-hybridized carbons (Fsp3) is 0.222. The summed E-state index contributed by atoms with van der Waals surface area (Å²) in [6, 6.07) is 8.61. The zero-order valence-electron chi connectivity index (χ0n) is 7.07. The molecule has 1 aromatic carbocycles. The molecule has 0 radical (unpaired) electrons. The highest BCUT2D eigenvalue weighted by molar-refractivity contribution is 7.87. The predicted octanol–water partition coefficient (Wildman–Crippen LogP) is 1.81. The first kappa shape index (κ1) is 10.4. The highest BCUT2D eigenvalue weighted by Gasteiger charge is 2.20. The summed E-state index contributed by atoms with van der Waals surface area (Å²) in [6.07, 6.45) is 1.42. The number of Topliss-reactive ketones (excluding diaryl/α,β-unsaturated/α-hetero) is 1. The molecule has 0 saturated carbocycles. The molecule has 0 aliphatic rings. The maximum Gasteiger partial charge on any atom is 0.193 e. The molecule has 1 rings (SSSR count). The molecular formula is C9H9ClO2S. The van der Waals surface area contributed by atoms with E-state index in [0.717, 1.165) is 0 Å². The normalized spacial score (nSPS) is 14.9. The number of hydrogen-bond donors (Lipinski definition) is 0. The van der Waals surface area contributed by atoms with Gasteiger partial charge in [-0.25, -0.2) is 0 Å². The van der Waals surface area contributed by atoms with Crippen molar-refractivity contribution in [2.45, 2.75) is 4.71 Å². The molecule has 2 nitrogen and oxygen atoms in total. The van der Waals surface area contributed by atoms with E-state index < -0.39 is 15.5 Å². The van der Waals surface area contributed by atoms with Gasteiger partial charge in [0.1, 0.15) is 0 Å². The third-order valence-electron chi connectivity index (χ3n) is 1.56. The Labute approximate surface area is 84.4 Å². The van der Waals surface area contributed by atoms with Crippen molar-refractivity contribution in [3.8, 4) is 0 Å². The quantitative estimate of drug-likeness (QED) is 0.571. The molecule has 0 aromatic heterocycles. The van der Waals surface area contributed by atoms with E-state index in [1.165, 1.54) is 6.26 Å². The highest BCUT2D eigenvalue weighted by atomic mass is 35.5. The summed E-state index contributed by atoms with van der Waals surface area (Å²) >= 11 is 5.65. The van der Waals surface area contributed by atoms with Crippen LogP contribution >= 0.6 is 11.6 Å². The molecule has 0 aliphatic heterocycles. The first-order valence-corrected chi connectivity index (χ1v) is 5.74. The molecule has 0 bridgehead atoms. The van der Waals surface area contributed by atoms with Gasteiger partial charge in [-0.05, 0) is 0 Å². The lowest BCUT2D eigenvalue weighted by Crippen LogP contribution is -2.18. The van der Waals surface area contributed by atoms with Crippen LogP contribution < -0.4 is 0 Å². The van der Waals surface area contributed by atoms with Crippen molar-refractivity contribution in [2.75, 3.05) is 6.26 Å². The van der Waals surface area contributed by atoms with Crippen molar-refractivity contribution in [3.63, 3.8) is 0 Å². The Bertz CT molecular complexity index is 324. The number of benzene rings is 1. The summed E-state index contributed by atoms with van der Waals surface area (Å²) in [5, 5.41) is 0. The van der Waals surface area contributed by atoms with E-state index in [0.29, 0.717) is 5.56 Å². The van der Waals surface area contributed by atoms with Crippen molar-refractivity contribution >= 4 is 28.2 Å². The standard InChI is InChI=1S/C9H9ClO2S/c1-13(12)9(10)8(11)7-5-3-2-4-6-7/h2-6,9H,1H3/t9-,13+/m0/s1. The molecule has 0 amide bonds. The van der Waals surface area contributed by atoms with Gasteiger partial charge in [0.2, 0.25) is 0 Å². The van der Waals surface area contributed by atoms with Gasteiger partial charge in [0.15, 0.2) is 10.5 Å². The molecule has 0 spiro atoms. The minimum absolute atomic E-state index is 0.289. The minimum Gasteiger partial charge on any atom is -0.291 e. The van der Waals surface area contributed by atoms with E-state index >= 15 is 0 Å². The van der Waals surface area contributed by atoms with Gasteiger partial charge < -0.3 is 0 Å². The SMILES string of the molecule is C[S@@](=O)[C@H](Cl)C(=O)c1ccccc1. The number of hydrogen-bond acceptors (Lipinski definition) is 2. The maximum atomic E-state index is 11.5. The lowest BCUT2D eigenvalue weighted by atomic mass is 10.1. The van der Waals surface area contributed by atoms with Crippen molar-refractivity contribution in [3.05, 3.63) is 35.9 Å². The van der Waals surface area contributed by atoms with Crippen molar-refractivity contribution < 1.29 is 9.00 Å². The first-order valence-electron chi connectivity index (χ1n) is 3.68. The number of halogens is 1. The van der Waals surface area contributed by atoms with E-state index in [1.807, 2.05) is 6.07 Å². The molecule has 70 valence electrons. The average molecular weight is 217 g/mol. The predicted molar refractivity (Wildman–Crippen MR) is 54.5 cm³/mol. The summed E-state index contributed by atoms with van der Waals surface area (Å²) < 4.78 is 9.97. The van der Waals surface area contributed by atoms with E-state index in [4.69, 9.17) is 11.6 Å². The lowest BCUT2D eigenvalue weighted by Gasteiger charge is -2.04. The van der Waals surface area contributed by atoms with Crippen LogP contribution in [0.4, 0.5) is 0 Å². The molecule has 0 unspecified atom stereocenters. The Morgan fingerprint density at radius 1 is 1.38 bits per heavy atom. The number of carbonyl (C=O) groups is 1. The Morgan fingerprint density at radius 3 is 2.38 bits per heavy atom. The van der Waals surface area contributed by atoms with Crippen LogP contribution in [-0.2, 0) is 10.8 Å². The first-order chi connectivity index (χ1) is 6.13. The van der Waals surface area contributed by atoms with Crippen LogP contribution in [0.5, 0.6) is 0 Å². The van der Waals surface area contributed by atoms with Gasteiger partial charge in [0.25, 0.3) is 0 Å². The van der Waals surface area contributed by atoms with Crippen LogP contribution in [0.25, 0.3) is 0 Å². The van der Waals surface area contributed by atoms with E-state index in [1.54, 1.807) is 24.3 Å². The fourth-order valence-corrected chi connectivity index (χ4v) is 1.45. The molecule has 0 saturated heterocycles. The Kier molecular flexibility index (Phi) is 3.63. The monoisotopic (exact) mass is 216 g/mol. The van der Waals surface area contributed by atoms with Gasteiger partial charge in [-0.2, -0.15) is 0 Å². The van der Waals surface area contributed by atoms with E-state index in [2.05, 4.69) is 0 Å². The van der Waals surface area contributed by atoms with Crippen LogP contribution in [0, 0.1) is 0 Å². The van der Waals surface area contributed by atoms with Gasteiger partial charge in [0, 0.05) is 22.6 Å². The molecule has 0 aliphatic carbocycles. The second kappa shape index (κ2) is 4.53. The third-order valence-corrected chi connectivity index (χ3v) is 3.30. The molecule has 13 heavy (non-hydrogen) atoms. The van der Waals surface area contributed by atoms with Gasteiger partial charge in [0.05, 0.1) is 0 Å². The zero-order chi connectivity index (χ0) is 9.84. The summed E-state index contributed by atoms with van der Waals surface area (Å²) in [7, 11) is -1.33. The lowest BCUT2D eigenvalue weighted by molar-refractivity contribution is 0.101. The van der Waals surface area contributed by atoms with Crippen LogP contribution in [0.3, 0.4) is 0 Å². The number of rotatable bonds is 3. The van der Waals surface area contributed by atoms with Crippen molar-refractivity contribution in [1.82, 2.24) is 0 Å². The van der Waals surface area contributed by atoms with Crippen LogP contribution in [0.2, 0.25) is 0 Å². The minimum atomic E-state index is -1.33. The van der Waals surface area contributed by atoms with Crippen molar-refractivity contribution in [2.24, 2.45) is 0 Å². The Morgan fingerprint density at radius 2 is 1.92 bits per heavy atom. The fourth-order valence-electron chi connectivity index (χ4n) is 0.884. The molecule has 1 aromatic rings. The Hall–Kier alpha value is -0.670. The van der Waals surface area contributed by atoms with Gasteiger partial charge in [-0.3, -0.25) is 9.00 Å². The molecule has 2 atom stereocenters. The third kappa shape index (κ3) is 2.64. The van der Waals surface area contributed by atoms with E-state index in [-0.39, 0.29) is 5.78 Å². The summed E-state index contributed by atoms with van der Waals surface area (Å²) in [5.74, 6) is -0.289. The molecule has 0 heterocycles. The Balaban J connectivity index is 2.86. The highest BCUT2D eigenvalue weighted by Crippen LogP contribution is 2.10. The summed E-state index contributed by atoms with van der Waals surface area (Å²) in [6.45, 7) is 0. The molecular weight excluding hydrogens is 208 g/mol. The maximum absolute atomic E-state index is 11.5. The number of ketones is 1. The smallest absolute Gasteiger partial charge is 0.193 e. The van der Waals surface area contributed by atoms with Crippen LogP contribution in [0.15, 0.2) is 30.3 Å². The van der Waals surface area contributed by atoms with Crippen LogP contribution in [0.1, 0.15) is 10.4 Å². The topological polar surface area (TPSA) is 34.1 Å². The molecule has 0 N–H and O–H groups in total. The second-order valence-corrected chi connectivity index (χ2v) is 4.71. The van der Waals surface area contributed by atoms with Gasteiger partial charge in [-0.1, -0.05) is 41.9 Å².